The number of ether oxygens (including phenoxy) is 1. The molecule has 12 heteroatoms. The van der Waals surface area contributed by atoms with Gasteiger partial charge in [0.15, 0.2) is 0 Å². The molecule has 1 aromatic heterocycles. The number of fused-ring (bicyclic) bond motifs is 11. The molecule has 0 unspecified atom stereocenters. The van der Waals surface area contributed by atoms with Crippen molar-refractivity contribution in [3.05, 3.63) is 92.0 Å². The van der Waals surface area contributed by atoms with Gasteiger partial charge in [0.05, 0.1) is 40.2 Å². The number of piperidine rings is 3. The number of hydrogen-bond donors (Lipinski definition) is 1. The molecule has 11 rings (SSSR count). The average molecular weight is 787 g/mol. The Hall–Kier alpha value is -4.74. The highest BCUT2D eigenvalue weighted by Gasteiger charge is 2.49. The van der Waals surface area contributed by atoms with Gasteiger partial charge in [-0.05, 0) is 106 Å². The molecule has 1 atom stereocenters. The Morgan fingerprint density at radius 3 is 2.47 bits per heavy atom. The van der Waals surface area contributed by atoms with Crippen LogP contribution < -0.4 is 20.5 Å². The van der Waals surface area contributed by atoms with Gasteiger partial charge in [0, 0.05) is 53.8 Å². The van der Waals surface area contributed by atoms with Crippen LogP contribution in [0.5, 0.6) is 5.75 Å². The summed E-state index contributed by atoms with van der Waals surface area (Å²) in [6, 6.07) is 16.1. The highest BCUT2D eigenvalue weighted by molar-refractivity contribution is 6.35. The van der Waals surface area contributed by atoms with Crippen molar-refractivity contribution in [2.24, 2.45) is 5.92 Å². The van der Waals surface area contributed by atoms with Gasteiger partial charge in [-0.1, -0.05) is 43.0 Å². The second kappa shape index (κ2) is 13.1. The molecule has 7 heterocycles. The molecule has 0 bridgehead atoms. The lowest BCUT2D eigenvalue weighted by atomic mass is 9.69. The van der Waals surface area contributed by atoms with E-state index in [0.717, 1.165) is 112 Å². The molecule has 0 radical (unpaired) electrons. The van der Waals surface area contributed by atoms with Crippen LogP contribution in [0.1, 0.15) is 104 Å². The normalized spacial score (nSPS) is 23.8. The third-order valence-electron chi connectivity index (χ3n) is 14.8. The van der Waals surface area contributed by atoms with Crippen LogP contribution in [0.3, 0.4) is 0 Å². The predicted octanol–water partition coefficient (Wildman–Crippen LogP) is 6.01. The van der Waals surface area contributed by atoms with Gasteiger partial charge < -0.3 is 19.4 Å². The molecule has 3 amide bonds. The summed E-state index contributed by atoms with van der Waals surface area (Å²) in [6.07, 6.45) is 10.4. The van der Waals surface area contributed by atoms with E-state index in [9.17, 15) is 19.2 Å². The van der Waals surface area contributed by atoms with Crippen LogP contribution in [0.4, 0.5) is 5.69 Å². The van der Waals surface area contributed by atoms with Crippen molar-refractivity contribution in [2.45, 2.75) is 94.0 Å². The van der Waals surface area contributed by atoms with E-state index in [4.69, 9.17) is 21.3 Å². The molecule has 6 aliphatic heterocycles. The van der Waals surface area contributed by atoms with Crippen molar-refractivity contribution in [1.29, 1.82) is 0 Å². The maximum Gasteiger partial charge on any atom is 0.282 e. The van der Waals surface area contributed by atoms with Crippen LogP contribution in [0.15, 0.2) is 53.3 Å². The summed E-state index contributed by atoms with van der Waals surface area (Å²) >= 11 is 6.57. The minimum absolute atomic E-state index is 0.0557. The van der Waals surface area contributed by atoms with Crippen molar-refractivity contribution in [2.75, 3.05) is 44.2 Å². The smallest absolute Gasteiger partial charge is 0.282 e. The predicted molar refractivity (Wildman–Crippen MR) is 216 cm³/mol. The second-order valence-corrected chi connectivity index (χ2v) is 18.1. The summed E-state index contributed by atoms with van der Waals surface area (Å²) < 4.78 is 8.66. The molecule has 294 valence electrons. The molecular formula is C45H47ClN6O5. The summed E-state index contributed by atoms with van der Waals surface area (Å²) in [5, 5.41) is 3.35. The maximum atomic E-state index is 13.4. The lowest BCUT2D eigenvalue weighted by Gasteiger charge is -2.41. The van der Waals surface area contributed by atoms with E-state index in [1.54, 1.807) is 11.0 Å². The minimum atomic E-state index is -0.629. The first-order valence-electron chi connectivity index (χ1n) is 21.0. The Morgan fingerprint density at radius 1 is 0.877 bits per heavy atom. The zero-order chi connectivity index (χ0) is 38.6. The third-order valence-corrected chi connectivity index (χ3v) is 15.1. The van der Waals surface area contributed by atoms with E-state index in [-0.39, 0.29) is 40.5 Å². The van der Waals surface area contributed by atoms with Crippen LogP contribution in [-0.2, 0) is 27.0 Å². The number of carbonyl (C=O) groups is 3. The fraction of sp³-hybridized carbons (Fsp3) is 0.489. The topological polar surface area (TPSA) is 117 Å². The number of imide groups is 1. The fourth-order valence-corrected chi connectivity index (χ4v) is 11.9. The number of likely N-dealkylation sites (tertiary alicyclic amines) is 1. The second-order valence-electron chi connectivity index (χ2n) is 17.7. The standard InChI is InChI=1S/C45H47ClN6O5/c46-33-5-4-6-35-38(33)41(55)48-43-45(15-2-1-3-16-45)32-23-28(7-10-34(32)52(35)43)50-19-13-27(14-20-50)24-49-21-17-44(18-22-49)26-57-39-30-25-51(36-11-12-37(53)47-40(36)54)42(56)29(30)8-9-31(39)44/h4-10,23,27,36H,1-3,11-22,24-26H2,(H,47,53,54)/t36-/m1/s1. The highest BCUT2D eigenvalue weighted by atomic mass is 35.5. The third kappa shape index (κ3) is 5.37. The van der Waals surface area contributed by atoms with Crippen molar-refractivity contribution in [3.8, 4) is 11.4 Å². The largest absolute Gasteiger partial charge is 0.492 e. The van der Waals surface area contributed by atoms with Crippen LogP contribution in [0.2, 0.25) is 5.02 Å². The van der Waals surface area contributed by atoms with Gasteiger partial charge in [-0.15, -0.1) is 0 Å². The molecule has 1 aliphatic carbocycles. The lowest BCUT2D eigenvalue weighted by Crippen LogP contribution is -2.52. The number of aromatic nitrogens is 2. The molecular weight excluding hydrogens is 740 g/mol. The van der Waals surface area contributed by atoms with Crippen molar-refractivity contribution in [3.63, 3.8) is 0 Å². The molecule has 57 heavy (non-hydrogen) atoms. The fourth-order valence-electron chi connectivity index (χ4n) is 11.7. The Bertz CT molecular complexity index is 2440. The van der Waals surface area contributed by atoms with Gasteiger partial charge in [-0.25, -0.2) is 0 Å². The zero-order valence-electron chi connectivity index (χ0n) is 32.2. The number of nitrogens with zero attached hydrogens (tertiary/aromatic N) is 5. The summed E-state index contributed by atoms with van der Waals surface area (Å²) in [6.45, 7) is 6.16. The molecule has 3 saturated heterocycles. The first-order chi connectivity index (χ1) is 27.7. The molecule has 11 nitrogen and oxygen atoms in total. The van der Waals surface area contributed by atoms with Crippen molar-refractivity contribution in [1.82, 2.24) is 24.7 Å². The lowest BCUT2D eigenvalue weighted by molar-refractivity contribution is -0.136. The number of rotatable bonds is 4. The SMILES string of the molecule is O=C1CC[C@@H](N2Cc3c(ccc4c3OCC43CCN(CC4CCN(c5ccc6c(c5)C5(CCCCC5)c5nc(=O)c7c(Cl)cccc7n5-6)CC4)CC3)C2=O)C(=O)N1. The van der Waals surface area contributed by atoms with E-state index >= 15 is 0 Å². The average Bonchev–Trinajstić information content (AvgIpc) is 3.84. The van der Waals surface area contributed by atoms with Crippen molar-refractivity contribution < 1.29 is 19.1 Å². The summed E-state index contributed by atoms with van der Waals surface area (Å²) in [4.78, 5) is 62.8. The van der Waals surface area contributed by atoms with Crippen molar-refractivity contribution >= 4 is 45.9 Å². The summed E-state index contributed by atoms with van der Waals surface area (Å²) in [5.74, 6) is 1.54. The molecule has 4 fully saturated rings. The Labute approximate surface area is 336 Å². The van der Waals surface area contributed by atoms with Crippen LogP contribution in [-0.4, -0.2) is 82.4 Å². The quantitative estimate of drug-likeness (QED) is 0.251. The van der Waals surface area contributed by atoms with E-state index in [2.05, 4.69) is 43.9 Å². The molecule has 1 N–H and O–H groups in total. The van der Waals surface area contributed by atoms with Gasteiger partial charge in [-0.3, -0.25) is 29.1 Å². The van der Waals surface area contributed by atoms with Crippen LogP contribution >= 0.6 is 11.6 Å². The van der Waals surface area contributed by atoms with Crippen LogP contribution in [0, 0.1) is 5.92 Å². The highest BCUT2D eigenvalue weighted by Crippen LogP contribution is 2.53. The molecule has 2 spiro atoms. The van der Waals surface area contributed by atoms with E-state index in [1.165, 1.54) is 23.2 Å². The number of amides is 3. The first-order valence-corrected chi connectivity index (χ1v) is 21.4. The molecule has 1 saturated carbocycles. The number of halogens is 1. The maximum absolute atomic E-state index is 13.4. The van der Waals surface area contributed by atoms with E-state index < -0.39 is 6.04 Å². The molecule has 7 aliphatic rings. The zero-order valence-corrected chi connectivity index (χ0v) is 32.9. The Kier molecular flexibility index (Phi) is 8.17. The molecule has 4 aromatic rings. The Morgan fingerprint density at radius 2 is 1.68 bits per heavy atom. The number of nitrogens with one attached hydrogen (secondary N) is 1. The van der Waals surface area contributed by atoms with E-state index in [0.29, 0.717) is 41.5 Å². The van der Waals surface area contributed by atoms with Gasteiger partial charge in [0.25, 0.3) is 11.5 Å². The minimum Gasteiger partial charge on any atom is -0.492 e. The number of carbonyl (C=O) groups excluding carboxylic acids is 3. The first kappa shape index (κ1) is 35.4. The molecule has 3 aromatic carbocycles. The monoisotopic (exact) mass is 786 g/mol. The number of benzene rings is 3. The van der Waals surface area contributed by atoms with Gasteiger partial charge in [0.2, 0.25) is 11.8 Å². The Balaban J connectivity index is 0.756. The van der Waals surface area contributed by atoms with Crippen LogP contribution in [0.25, 0.3) is 16.6 Å². The summed E-state index contributed by atoms with van der Waals surface area (Å²) in [5.41, 5.74) is 6.74. The number of hydrogen-bond acceptors (Lipinski definition) is 8. The van der Waals surface area contributed by atoms with E-state index in [1.807, 2.05) is 18.2 Å². The van der Waals surface area contributed by atoms with Gasteiger partial charge in [-0.2, -0.15) is 4.98 Å². The number of anilines is 1. The summed E-state index contributed by atoms with van der Waals surface area (Å²) in [7, 11) is 0. The van der Waals surface area contributed by atoms with Gasteiger partial charge in [0.1, 0.15) is 17.6 Å². The van der Waals surface area contributed by atoms with Gasteiger partial charge >= 0.3 is 0 Å².